The Morgan fingerprint density at radius 3 is 2.62 bits per heavy atom. The molecule has 2 aliphatic rings. The van der Waals surface area contributed by atoms with E-state index >= 15 is 0 Å². The van der Waals surface area contributed by atoms with Gasteiger partial charge in [0, 0.05) is 38.7 Å². The van der Waals surface area contributed by atoms with E-state index in [0.717, 1.165) is 64.6 Å². The number of piperidine rings is 1. The standard InChI is InChI=1S/C24H39N3O2/c1-4-25-24(26-17-20(3)21-10-8-19(2)9-11-21)27-14-12-22(13-15-27)29-18-23-7-5-6-16-28-23/h8-11,20,22-23H,4-7,12-18H2,1-3H3,(H,25,26). The zero-order valence-electron chi connectivity index (χ0n) is 18.5. The molecule has 0 aromatic heterocycles. The summed E-state index contributed by atoms with van der Waals surface area (Å²) in [7, 11) is 0. The van der Waals surface area contributed by atoms with Gasteiger partial charge in [-0.05, 0) is 51.5 Å². The highest BCUT2D eigenvalue weighted by molar-refractivity contribution is 5.80. The number of likely N-dealkylation sites (tertiary alicyclic amines) is 1. The summed E-state index contributed by atoms with van der Waals surface area (Å²) in [4.78, 5) is 7.34. The van der Waals surface area contributed by atoms with E-state index in [1.807, 2.05) is 0 Å². The van der Waals surface area contributed by atoms with Gasteiger partial charge < -0.3 is 19.7 Å². The molecule has 0 amide bonds. The number of benzene rings is 1. The maximum atomic E-state index is 6.16. The molecule has 1 N–H and O–H groups in total. The van der Waals surface area contributed by atoms with Crippen LogP contribution in [0.1, 0.15) is 63.0 Å². The number of rotatable bonds is 7. The van der Waals surface area contributed by atoms with E-state index in [0.29, 0.717) is 18.1 Å². The van der Waals surface area contributed by atoms with Crippen LogP contribution in [0.4, 0.5) is 0 Å². The molecule has 1 aromatic carbocycles. The lowest BCUT2D eigenvalue weighted by Crippen LogP contribution is -2.47. The van der Waals surface area contributed by atoms with Gasteiger partial charge in [0.05, 0.1) is 18.8 Å². The Labute approximate surface area is 176 Å². The van der Waals surface area contributed by atoms with Crippen LogP contribution in [0.15, 0.2) is 29.3 Å². The van der Waals surface area contributed by atoms with E-state index in [4.69, 9.17) is 14.5 Å². The third-order valence-corrected chi connectivity index (χ3v) is 6.03. The summed E-state index contributed by atoms with van der Waals surface area (Å²) in [5.41, 5.74) is 2.66. The number of nitrogens with zero attached hydrogens (tertiary/aromatic N) is 2. The SMILES string of the molecule is CCNC(=NCC(C)c1ccc(C)cc1)N1CCC(OCC2CCCCO2)CC1. The molecule has 2 saturated heterocycles. The summed E-state index contributed by atoms with van der Waals surface area (Å²) in [5.74, 6) is 1.46. The molecule has 2 aliphatic heterocycles. The van der Waals surface area contributed by atoms with Gasteiger partial charge in [0.1, 0.15) is 0 Å². The third-order valence-electron chi connectivity index (χ3n) is 6.03. The van der Waals surface area contributed by atoms with E-state index in [9.17, 15) is 0 Å². The first-order chi connectivity index (χ1) is 14.2. The van der Waals surface area contributed by atoms with Crippen LogP contribution in [0.2, 0.25) is 0 Å². The molecule has 29 heavy (non-hydrogen) atoms. The number of ether oxygens (including phenoxy) is 2. The van der Waals surface area contributed by atoms with Gasteiger partial charge in [0.15, 0.2) is 5.96 Å². The molecule has 5 heteroatoms. The molecule has 162 valence electrons. The van der Waals surface area contributed by atoms with Crippen LogP contribution < -0.4 is 5.32 Å². The van der Waals surface area contributed by atoms with Crippen LogP contribution in [-0.4, -0.2) is 62.5 Å². The first-order valence-electron chi connectivity index (χ1n) is 11.5. The lowest BCUT2D eigenvalue weighted by Gasteiger charge is -2.35. The molecular formula is C24H39N3O2. The summed E-state index contributed by atoms with van der Waals surface area (Å²) in [6, 6.07) is 8.82. The summed E-state index contributed by atoms with van der Waals surface area (Å²) < 4.78 is 12.0. The molecular weight excluding hydrogens is 362 g/mol. The molecule has 0 spiro atoms. The number of nitrogens with one attached hydrogen (secondary N) is 1. The van der Waals surface area contributed by atoms with Crippen molar-refractivity contribution in [2.45, 2.75) is 71.0 Å². The topological polar surface area (TPSA) is 46.1 Å². The van der Waals surface area contributed by atoms with Crippen molar-refractivity contribution >= 4 is 5.96 Å². The average Bonchev–Trinajstić information content (AvgIpc) is 2.76. The van der Waals surface area contributed by atoms with Crippen LogP contribution >= 0.6 is 0 Å². The van der Waals surface area contributed by atoms with Crippen molar-refractivity contribution < 1.29 is 9.47 Å². The van der Waals surface area contributed by atoms with Crippen LogP contribution in [0.25, 0.3) is 0 Å². The Morgan fingerprint density at radius 2 is 1.97 bits per heavy atom. The van der Waals surface area contributed by atoms with Gasteiger partial charge in [-0.2, -0.15) is 0 Å². The zero-order chi connectivity index (χ0) is 20.5. The highest BCUT2D eigenvalue weighted by atomic mass is 16.5. The fourth-order valence-corrected chi connectivity index (χ4v) is 4.07. The molecule has 0 bridgehead atoms. The molecule has 0 radical (unpaired) electrons. The van der Waals surface area contributed by atoms with Gasteiger partial charge in [-0.1, -0.05) is 36.8 Å². The van der Waals surface area contributed by atoms with Crippen molar-refractivity contribution in [1.82, 2.24) is 10.2 Å². The molecule has 1 aromatic rings. The highest BCUT2D eigenvalue weighted by Crippen LogP contribution is 2.19. The number of guanidine groups is 1. The maximum absolute atomic E-state index is 6.16. The number of aryl methyl sites for hydroxylation is 1. The second-order valence-corrected chi connectivity index (χ2v) is 8.51. The first kappa shape index (κ1) is 22.1. The lowest BCUT2D eigenvalue weighted by molar-refractivity contribution is -0.0721. The van der Waals surface area contributed by atoms with Gasteiger partial charge in [-0.15, -0.1) is 0 Å². The van der Waals surface area contributed by atoms with Gasteiger partial charge in [-0.25, -0.2) is 0 Å². The highest BCUT2D eigenvalue weighted by Gasteiger charge is 2.24. The van der Waals surface area contributed by atoms with Gasteiger partial charge in [0.2, 0.25) is 0 Å². The second kappa shape index (κ2) is 11.6. The number of hydrogen-bond donors (Lipinski definition) is 1. The van der Waals surface area contributed by atoms with E-state index in [1.165, 1.54) is 24.0 Å². The Kier molecular flexibility index (Phi) is 8.81. The van der Waals surface area contributed by atoms with Crippen molar-refractivity contribution in [2.75, 3.05) is 39.4 Å². The van der Waals surface area contributed by atoms with Gasteiger partial charge in [0.25, 0.3) is 0 Å². The quantitative estimate of drug-likeness (QED) is 0.552. The summed E-state index contributed by atoms with van der Waals surface area (Å²) in [6.07, 6.45) is 6.40. The van der Waals surface area contributed by atoms with Gasteiger partial charge >= 0.3 is 0 Å². The van der Waals surface area contributed by atoms with Crippen LogP contribution in [0, 0.1) is 6.92 Å². The van der Waals surface area contributed by atoms with Gasteiger partial charge in [-0.3, -0.25) is 4.99 Å². The first-order valence-corrected chi connectivity index (χ1v) is 11.5. The maximum Gasteiger partial charge on any atom is 0.193 e. The van der Waals surface area contributed by atoms with Crippen molar-refractivity contribution in [3.63, 3.8) is 0 Å². The number of hydrogen-bond acceptors (Lipinski definition) is 3. The van der Waals surface area contributed by atoms with Crippen molar-refractivity contribution in [2.24, 2.45) is 4.99 Å². The fourth-order valence-electron chi connectivity index (χ4n) is 4.07. The van der Waals surface area contributed by atoms with Crippen molar-refractivity contribution in [3.05, 3.63) is 35.4 Å². The van der Waals surface area contributed by atoms with E-state index in [1.54, 1.807) is 0 Å². The minimum atomic E-state index is 0.309. The second-order valence-electron chi connectivity index (χ2n) is 8.51. The Hall–Kier alpha value is -1.59. The summed E-state index contributed by atoms with van der Waals surface area (Å²) in [6.45, 7) is 11.9. The van der Waals surface area contributed by atoms with Crippen LogP contribution in [0.3, 0.4) is 0 Å². The predicted molar refractivity (Wildman–Crippen MR) is 120 cm³/mol. The molecule has 0 aliphatic carbocycles. The molecule has 2 atom stereocenters. The van der Waals surface area contributed by atoms with Crippen LogP contribution in [0.5, 0.6) is 0 Å². The average molecular weight is 402 g/mol. The normalized spacial score (nSPS) is 22.5. The smallest absolute Gasteiger partial charge is 0.193 e. The minimum absolute atomic E-state index is 0.309. The molecule has 3 rings (SSSR count). The zero-order valence-corrected chi connectivity index (χ0v) is 18.5. The predicted octanol–water partition coefficient (Wildman–Crippen LogP) is 4.11. The molecule has 2 unspecified atom stereocenters. The number of aliphatic imine (C=N–C) groups is 1. The van der Waals surface area contributed by atoms with Crippen molar-refractivity contribution in [1.29, 1.82) is 0 Å². The Bertz CT molecular complexity index is 618. The monoisotopic (exact) mass is 401 g/mol. The van der Waals surface area contributed by atoms with E-state index < -0.39 is 0 Å². The third kappa shape index (κ3) is 7.00. The Balaban J connectivity index is 1.46. The molecule has 0 saturated carbocycles. The summed E-state index contributed by atoms with van der Waals surface area (Å²) >= 11 is 0. The van der Waals surface area contributed by atoms with Crippen LogP contribution in [-0.2, 0) is 9.47 Å². The molecule has 2 heterocycles. The Morgan fingerprint density at radius 1 is 1.21 bits per heavy atom. The fraction of sp³-hybridized carbons (Fsp3) is 0.708. The minimum Gasteiger partial charge on any atom is -0.376 e. The molecule has 5 nitrogen and oxygen atoms in total. The largest absolute Gasteiger partial charge is 0.376 e. The summed E-state index contributed by atoms with van der Waals surface area (Å²) in [5, 5.41) is 3.48. The van der Waals surface area contributed by atoms with E-state index in [-0.39, 0.29) is 0 Å². The van der Waals surface area contributed by atoms with E-state index in [2.05, 4.69) is 55.3 Å². The molecule has 2 fully saturated rings. The lowest BCUT2D eigenvalue weighted by atomic mass is 10.0. The van der Waals surface area contributed by atoms with Crippen molar-refractivity contribution in [3.8, 4) is 0 Å².